The lowest BCUT2D eigenvalue weighted by molar-refractivity contribution is -0.384. The number of nitro groups is 1. The molecule has 0 radical (unpaired) electrons. The predicted octanol–water partition coefficient (Wildman–Crippen LogP) is 1.54. The molecule has 1 heterocycles. The summed E-state index contributed by atoms with van der Waals surface area (Å²) in [5, 5.41) is 13.8. The third kappa shape index (κ3) is 4.82. The first-order valence-electron chi connectivity index (χ1n) is 9.18. The van der Waals surface area contributed by atoms with E-state index in [-0.39, 0.29) is 23.9 Å². The van der Waals surface area contributed by atoms with E-state index in [9.17, 15) is 19.7 Å². The number of carbonyl (C=O) groups is 2. The Bertz CT molecular complexity index is 694. The maximum Gasteiger partial charge on any atom is 0.269 e. The maximum atomic E-state index is 13.2. The van der Waals surface area contributed by atoms with Crippen molar-refractivity contribution in [3.8, 4) is 0 Å². The Labute approximate surface area is 159 Å². The van der Waals surface area contributed by atoms with Crippen LogP contribution in [-0.4, -0.2) is 65.8 Å². The molecule has 1 aromatic rings. The van der Waals surface area contributed by atoms with E-state index >= 15 is 0 Å². The first-order valence-corrected chi connectivity index (χ1v) is 9.18. The van der Waals surface area contributed by atoms with E-state index in [1.807, 2.05) is 20.9 Å². The number of piperazine rings is 1. The Balaban J connectivity index is 2.31. The molecule has 2 amide bonds. The van der Waals surface area contributed by atoms with E-state index in [0.29, 0.717) is 13.1 Å². The molecule has 1 aliphatic heterocycles. The van der Waals surface area contributed by atoms with Gasteiger partial charge in [0.1, 0.15) is 6.04 Å². The number of carbonyl (C=O) groups excluding carboxylic acids is 2. The van der Waals surface area contributed by atoms with Crippen LogP contribution in [-0.2, 0) is 15.0 Å². The molecule has 27 heavy (non-hydrogen) atoms. The van der Waals surface area contributed by atoms with Crippen LogP contribution in [0, 0.1) is 10.1 Å². The lowest BCUT2D eigenvalue weighted by Gasteiger charge is -2.40. The molecule has 0 bridgehead atoms. The minimum atomic E-state index is -0.741. The molecule has 1 aliphatic rings. The average Bonchev–Trinajstić information content (AvgIpc) is 2.65. The monoisotopic (exact) mass is 376 g/mol. The van der Waals surface area contributed by atoms with Crippen molar-refractivity contribution >= 4 is 17.5 Å². The topological polar surface area (TPSA) is 95.8 Å². The lowest BCUT2D eigenvalue weighted by atomic mass is 9.76. The summed E-state index contributed by atoms with van der Waals surface area (Å²) < 4.78 is 0. The fourth-order valence-electron chi connectivity index (χ4n) is 3.20. The molecule has 0 saturated carbocycles. The molecule has 0 unspecified atom stereocenters. The van der Waals surface area contributed by atoms with Crippen LogP contribution >= 0.6 is 0 Å². The number of non-ortho nitro benzene ring substituents is 1. The number of nitrogens with one attached hydrogen (secondary N) is 1. The van der Waals surface area contributed by atoms with E-state index in [2.05, 4.69) is 10.2 Å². The smallest absolute Gasteiger partial charge is 0.269 e. The largest absolute Gasteiger partial charge is 0.343 e. The first kappa shape index (κ1) is 20.8. The van der Waals surface area contributed by atoms with Crippen molar-refractivity contribution in [2.75, 3.05) is 33.2 Å². The van der Waals surface area contributed by atoms with Crippen molar-refractivity contribution in [1.29, 1.82) is 0 Å². The van der Waals surface area contributed by atoms with Gasteiger partial charge in [-0.1, -0.05) is 32.9 Å². The van der Waals surface area contributed by atoms with Crippen molar-refractivity contribution in [3.05, 3.63) is 39.9 Å². The number of nitro benzene ring substituents is 1. The van der Waals surface area contributed by atoms with Crippen molar-refractivity contribution in [1.82, 2.24) is 15.1 Å². The number of hydrogen-bond donors (Lipinski definition) is 1. The summed E-state index contributed by atoms with van der Waals surface area (Å²) in [5.41, 5.74) is 0.0338. The summed E-state index contributed by atoms with van der Waals surface area (Å²) in [4.78, 5) is 39.7. The summed E-state index contributed by atoms with van der Waals surface area (Å²) in [7, 11) is 2.01. The molecule has 0 spiro atoms. The van der Waals surface area contributed by atoms with Gasteiger partial charge in [-0.2, -0.15) is 0 Å². The van der Waals surface area contributed by atoms with E-state index in [0.717, 1.165) is 18.7 Å². The third-order valence-electron chi connectivity index (χ3n) is 5.23. The Hall–Kier alpha value is -2.48. The van der Waals surface area contributed by atoms with Crippen LogP contribution in [0.1, 0.15) is 32.8 Å². The average molecular weight is 376 g/mol. The molecule has 1 N–H and O–H groups in total. The van der Waals surface area contributed by atoms with Gasteiger partial charge < -0.3 is 15.1 Å². The highest BCUT2D eigenvalue weighted by molar-refractivity contribution is 5.89. The third-order valence-corrected chi connectivity index (χ3v) is 5.23. The Kier molecular flexibility index (Phi) is 6.54. The summed E-state index contributed by atoms with van der Waals surface area (Å²) in [6.45, 7) is 8.31. The van der Waals surface area contributed by atoms with Gasteiger partial charge in [0.05, 0.1) is 4.92 Å². The minimum Gasteiger partial charge on any atom is -0.343 e. The van der Waals surface area contributed by atoms with Crippen molar-refractivity contribution < 1.29 is 14.5 Å². The molecular weight excluding hydrogens is 348 g/mol. The fraction of sp³-hybridized carbons (Fsp3) is 0.579. The molecule has 1 saturated heterocycles. The summed E-state index contributed by atoms with van der Waals surface area (Å²) in [6, 6.07) is 5.42. The molecule has 148 valence electrons. The van der Waals surface area contributed by atoms with Crippen LogP contribution in [0.2, 0.25) is 0 Å². The van der Waals surface area contributed by atoms with Crippen LogP contribution in [0.5, 0.6) is 0 Å². The van der Waals surface area contributed by atoms with E-state index in [4.69, 9.17) is 0 Å². The highest BCUT2D eigenvalue weighted by Crippen LogP contribution is 2.30. The predicted molar refractivity (Wildman–Crippen MR) is 102 cm³/mol. The molecule has 0 aliphatic carbocycles. The second-order valence-corrected chi connectivity index (χ2v) is 7.51. The van der Waals surface area contributed by atoms with Crippen molar-refractivity contribution in [3.63, 3.8) is 0 Å². The highest BCUT2D eigenvalue weighted by atomic mass is 16.6. The molecule has 8 nitrogen and oxygen atoms in total. The molecule has 1 atom stereocenters. The SMILES string of the molecule is CCC(=O)N[C@@H](C(=O)N1CCN(C)CC1)C(C)(C)c1ccc([N+](=O)[O-])cc1. The normalized spacial score (nSPS) is 16.7. The minimum absolute atomic E-state index is 0.00547. The highest BCUT2D eigenvalue weighted by Gasteiger charge is 2.40. The van der Waals surface area contributed by atoms with Gasteiger partial charge in [0.15, 0.2) is 0 Å². The van der Waals surface area contributed by atoms with E-state index in [1.54, 1.807) is 24.0 Å². The summed E-state index contributed by atoms with van der Waals surface area (Å²) in [6.07, 6.45) is 0.281. The number of amides is 2. The van der Waals surface area contributed by atoms with E-state index < -0.39 is 16.4 Å². The molecule has 2 rings (SSSR count). The number of benzene rings is 1. The number of hydrogen-bond acceptors (Lipinski definition) is 5. The van der Waals surface area contributed by atoms with Crippen LogP contribution in [0.3, 0.4) is 0 Å². The molecule has 1 aromatic carbocycles. The van der Waals surface area contributed by atoms with Gasteiger partial charge in [-0.3, -0.25) is 19.7 Å². The van der Waals surface area contributed by atoms with Crippen LogP contribution < -0.4 is 5.32 Å². The van der Waals surface area contributed by atoms with Gasteiger partial charge >= 0.3 is 0 Å². The molecule has 0 aromatic heterocycles. The van der Waals surface area contributed by atoms with Gasteiger partial charge in [-0.05, 0) is 12.6 Å². The number of rotatable bonds is 6. The summed E-state index contributed by atoms with van der Waals surface area (Å²) in [5.74, 6) is -0.314. The zero-order chi connectivity index (χ0) is 20.2. The van der Waals surface area contributed by atoms with Crippen LogP contribution in [0.25, 0.3) is 0 Å². The fourth-order valence-corrected chi connectivity index (χ4v) is 3.20. The Morgan fingerprint density at radius 2 is 1.74 bits per heavy atom. The van der Waals surface area contributed by atoms with Gasteiger partial charge in [0.25, 0.3) is 5.69 Å². The molecule has 8 heteroatoms. The quantitative estimate of drug-likeness (QED) is 0.600. The maximum absolute atomic E-state index is 13.2. The zero-order valence-electron chi connectivity index (χ0n) is 16.4. The van der Waals surface area contributed by atoms with Crippen molar-refractivity contribution in [2.24, 2.45) is 0 Å². The summed E-state index contributed by atoms with van der Waals surface area (Å²) >= 11 is 0. The van der Waals surface area contributed by atoms with Gasteiger partial charge in [-0.25, -0.2) is 0 Å². The standard InChI is InChI=1S/C19H28N4O4/c1-5-16(24)20-17(18(25)22-12-10-21(4)11-13-22)19(2,3)14-6-8-15(9-7-14)23(26)27/h6-9,17H,5,10-13H2,1-4H3,(H,20,24)/t17-/m0/s1. The van der Waals surface area contributed by atoms with E-state index in [1.165, 1.54) is 12.1 Å². The first-order chi connectivity index (χ1) is 12.7. The van der Waals surface area contributed by atoms with Crippen molar-refractivity contribution in [2.45, 2.75) is 38.6 Å². The Morgan fingerprint density at radius 1 is 1.19 bits per heavy atom. The van der Waals surface area contributed by atoms with Crippen LogP contribution in [0.4, 0.5) is 5.69 Å². The second-order valence-electron chi connectivity index (χ2n) is 7.51. The van der Waals surface area contributed by atoms with Gasteiger partial charge in [0.2, 0.25) is 11.8 Å². The number of nitrogens with zero attached hydrogens (tertiary/aromatic N) is 3. The number of likely N-dealkylation sites (N-methyl/N-ethyl adjacent to an activating group) is 1. The van der Waals surface area contributed by atoms with Gasteiger partial charge in [0, 0.05) is 50.1 Å². The molecular formula is C19H28N4O4. The van der Waals surface area contributed by atoms with Crippen LogP contribution in [0.15, 0.2) is 24.3 Å². The second kappa shape index (κ2) is 8.47. The Morgan fingerprint density at radius 3 is 2.22 bits per heavy atom. The molecule has 1 fully saturated rings. The van der Waals surface area contributed by atoms with Gasteiger partial charge in [-0.15, -0.1) is 0 Å². The lowest BCUT2D eigenvalue weighted by Crippen LogP contribution is -2.60. The zero-order valence-corrected chi connectivity index (χ0v) is 16.4.